The number of fused-ring (bicyclic) bond motifs is 1. The number of hydrogen-bond acceptors (Lipinski definition) is 4. The van der Waals surface area contributed by atoms with Gasteiger partial charge in [-0.05, 0) is 73.3 Å². The lowest BCUT2D eigenvalue weighted by atomic mass is 9.90. The van der Waals surface area contributed by atoms with Crippen LogP contribution in [0.2, 0.25) is 0 Å². The van der Waals surface area contributed by atoms with E-state index in [4.69, 9.17) is 9.47 Å². The number of nitrogens with zero attached hydrogens (tertiary/aromatic N) is 1. The number of benzene rings is 3. The van der Waals surface area contributed by atoms with Crippen LogP contribution in [0, 0.1) is 0 Å². The number of ether oxygens (including phenoxy) is 2. The molecule has 5 heteroatoms. The Balaban J connectivity index is 1.85. The van der Waals surface area contributed by atoms with Crippen LogP contribution in [0.5, 0.6) is 11.5 Å². The van der Waals surface area contributed by atoms with Gasteiger partial charge in [-0.2, -0.15) is 0 Å². The molecule has 1 saturated heterocycles. The van der Waals surface area contributed by atoms with Crippen molar-refractivity contribution >= 4 is 16.7 Å². The summed E-state index contributed by atoms with van der Waals surface area (Å²) < 4.78 is 11.6. The van der Waals surface area contributed by atoms with Crippen molar-refractivity contribution in [2.24, 2.45) is 0 Å². The molecule has 168 valence electrons. The summed E-state index contributed by atoms with van der Waals surface area (Å²) in [5, 5.41) is 12.3. The first-order valence-electron chi connectivity index (χ1n) is 11.5. The second kappa shape index (κ2) is 10.0. The summed E-state index contributed by atoms with van der Waals surface area (Å²) in [7, 11) is 0. The van der Waals surface area contributed by atoms with E-state index in [0.717, 1.165) is 35.9 Å². The van der Waals surface area contributed by atoms with Crippen LogP contribution < -0.4 is 9.47 Å². The molecule has 1 aliphatic heterocycles. The number of rotatable bonds is 8. The highest BCUT2D eigenvalue weighted by Crippen LogP contribution is 2.39. The number of piperidine rings is 1. The molecule has 0 aromatic heterocycles. The average Bonchev–Trinajstić information content (AvgIpc) is 2.81. The van der Waals surface area contributed by atoms with E-state index in [-0.39, 0.29) is 6.04 Å². The molecule has 2 unspecified atom stereocenters. The van der Waals surface area contributed by atoms with Crippen molar-refractivity contribution in [1.82, 2.24) is 4.90 Å². The van der Waals surface area contributed by atoms with Gasteiger partial charge in [0.1, 0.15) is 6.04 Å². The third-order valence-corrected chi connectivity index (χ3v) is 6.13. The van der Waals surface area contributed by atoms with Gasteiger partial charge in [-0.15, -0.1) is 0 Å². The van der Waals surface area contributed by atoms with Crippen LogP contribution in [0.25, 0.3) is 10.8 Å². The SMILES string of the molecule is CCOc1ccc(C(c2ccc3ccccc3c2)N2CCCCC2C(=O)O)cc1OCC. The van der Waals surface area contributed by atoms with E-state index in [0.29, 0.717) is 31.1 Å². The molecular formula is C27H31NO4. The highest BCUT2D eigenvalue weighted by molar-refractivity contribution is 5.83. The second-order valence-electron chi connectivity index (χ2n) is 8.17. The fourth-order valence-corrected chi connectivity index (χ4v) is 4.72. The fraction of sp³-hybridized carbons (Fsp3) is 0.370. The first-order chi connectivity index (χ1) is 15.6. The minimum Gasteiger partial charge on any atom is -0.490 e. The van der Waals surface area contributed by atoms with Crippen LogP contribution in [0.1, 0.15) is 50.3 Å². The second-order valence-corrected chi connectivity index (χ2v) is 8.17. The Morgan fingerprint density at radius 2 is 1.62 bits per heavy atom. The normalized spacial score (nSPS) is 17.8. The molecule has 1 N–H and O–H groups in total. The van der Waals surface area contributed by atoms with E-state index in [1.54, 1.807) is 0 Å². The molecular weight excluding hydrogens is 402 g/mol. The minimum atomic E-state index is -0.758. The summed E-state index contributed by atoms with van der Waals surface area (Å²) in [6.07, 6.45) is 2.59. The molecule has 2 atom stereocenters. The van der Waals surface area contributed by atoms with Crippen molar-refractivity contribution in [1.29, 1.82) is 0 Å². The Labute approximate surface area is 189 Å². The molecule has 0 saturated carbocycles. The Bertz CT molecular complexity index is 1080. The summed E-state index contributed by atoms with van der Waals surface area (Å²) in [5.41, 5.74) is 2.10. The average molecular weight is 434 g/mol. The van der Waals surface area contributed by atoms with E-state index < -0.39 is 12.0 Å². The number of likely N-dealkylation sites (tertiary alicyclic amines) is 1. The van der Waals surface area contributed by atoms with Crippen molar-refractivity contribution in [3.05, 3.63) is 71.8 Å². The Hall–Kier alpha value is -3.05. The first-order valence-corrected chi connectivity index (χ1v) is 11.5. The van der Waals surface area contributed by atoms with Crippen molar-refractivity contribution in [2.45, 2.75) is 45.2 Å². The van der Waals surface area contributed by atoms with E-state index in [2.05, 4.69) is 35.2 Å². The van der Waals surface area contributed by atoms with Crippen molar-refractivity contribution < 1.29 is 19.4 Å². The molecule has 0 aliphatic carbocycles. The van der Waals surface area contributed by atoms with Crippen LogP contribution in [0.4, 0.5) is 0 Å². The van der Waals surface area contributed by atoms with Gasteiger partial charge in [0.2, 0.25) is 0 Å². The molecule has 1 aliphatic rings. The van der Waals surface area contributed by atoms with Crippen LogP contribution in [-0.2, 0) is 4.79 Å². The zero-order valence-electron chi connectivity index (χ0n) is 18.8. The van der Waals surface area contributed by atoms with Gasteiger partial charge >= 0.3 is 5.97 Å². The molecule has 5 nitrogen and oxygen atoms in total. The Kier molecular flexibility index (Phi) is 6.96. The standard InChI is InChI=1S/C27H31NO4/c1-3-31-24-15-14-22(18-25(24)32-4-2)26(28-16-8-7-11-23(28)27(29)30)21-13-12-19-9-5-6-10-20(19)17-21/h5-6,9-10,12-15,17-18,23,26H,3-4,7-8,11,16H2,1-2H3,(H,29,30). The zero-order valence-corrected chi connectivity index (χ0v) is 18.8. The van der Waals surface area contributed by atoms with Gasteiger partial charge in [0, 0.05) is 0 Å². The molecule has 1 heterocycles. The monoisotopic (exact) mass is 433 g/mol. The van der Waals surface area contributed by atoms with Gasteiger partial charge in [-0.1, -0.05) is 48.9 Å². The van der Waals surface area contributed by atoms with Gasteiger partial charge in [-0.25, -0.2) is 0 Å². The van der Waals surface area contributed by atoms with E-state index in [1.165, 1.54) is 5.39 Å². The number of carboxylic acids is 1. The summed E-state index contributed by atoms with van der Waals surface area (Å²) in [6.45, 7) is 5.74. The number of aliphatic carboxylic acids is 1. The number of hydrogen-bond donors (Lipinski definition) is 1. The molecule has 0 amide bonds. The lowest BCUT2D eigenvalue weighted by Crippen LogP contribution is -2.46. The lowest BCUT2D eigenvalue weighted by Gasteiger charge is -2.40. The minimum absolute atomic E-state index is 0.184. The zero-order chi connectivity index (χ0) is 22.5. The van der Waals surface area contributed by atoms with E-state index in [9.17, 15) is 9.90 Å². The molecule has 0 spiro atoms. The summed E-state index contributed by atoms with van der Waals surface area (Å²) >= 11 is 0. The molecule has 0 bridgehead atoms. The Morgan fingerprint density at radius 3 is 2.38 bits per heavy atom. The van der Waals surface area contributed by atoms with Gasteiger partial charge in [0.15, 0.2) is 11.5 Å². The van der Waals surface area contributed by atoms with Gasteiger partial charge in [-0.3, -0.25) is 9.69 Å². The van der Waals surface area contributed by atoms with Gasteiger partial charge < -0.3 is 14.6 Å². The van der Waals surface area contributed by atoms with Crippen molar-refractivity contribution in [2.75, 3.05) is 19.8 Å². The fourth-order valence-electron chi connectivity index (χ4n) is 4.72. The van der Waals surface area contributed by atoms with Gasteiger partial charge in [0.05, 0.1) is 19.3 Å². The number of carboxylic acid groups (broad SMARTS) is 1. The molecule has 3 aromatic rings. The predicted molar refractivity (Wildman–Crippen MR) is 127 cm³/mol. The van der Waals surface area contributed by atoms with Crippen LogP contribution in [-0.4, -0.2) is 41.8 Å². The maximum Gasteiger partial charge on any atom is 0.320 e. The third-order valence-electron chi connectivity index (χ3n) is 6.13. The van der Waals surface area contributed by atoms with E-state index in [1.807, 2.05) is 44.2 Å². The van der Waals surface area contributed by atoms with E-state index >= 15 is 0 Å². The van der Waals surface area contributed by atoms with Crippen molar-refractivity contribution in [3.8, 4) is 11.5 Å². The number of carbonyl (C=O) groups is 1. The smallest absolute Gasteiger partial charge is 0.320 e. The van der Waals surface area contributed by atoms with Crippen molar-refractivity contribution in [3.63, 3.8) is 0 Å². The third kappa shape index (κ3) is 4.58. The maximum absolute atomic E-state index is 12.2. The molecule has 3 aromatic carbocycles. The highest BCUT2D eigenvalue weighted by atomic mass is 16.5. The van der Waals surface area contributed by atoms with Gasteiger partial charge in [0.25, 0.3) is 0 Å². The Morgan fingerprint density at radius 1 is 0.938 bits per heavy atom. The van der Waals surface area contributed by atoms with Crippen LogP contribution >= 0.6 is 0 Å². The largest absolute Gasteiger partial charge is 0.490 e. The predicted octanol–water partition coefficient (Wildman–Crippen LogP) is 5.67. The molecule has 1 fully saturated rings. The topological polar surface area (TPSA) is 59.0 Å². The molecule has 32 heavy (non-hydrogen) atoms. The first kappa shape index (κ1) is 22.2. The molecule has 4 rings (SSSR count). The van der Waals surface area contributed by atoms with Crippen LogP contribution in [0.15, 0.2) is 60.7 Å². The summed E-state index contributed by atoms with van der Waals surface area (Å²) in [4.78, 5) is 14.3. The summed E-state index contributed by atoms with van der Waals surface area (Å²) in [5.74, 6) is 0.650. The maximum atomic E-state index is 12.2. The molecule has 0 radical (unpaired) electrons. The highest BCUT2D eigenvalue weighted by Gasteiger charge is 2.35. The lowest BCUT2D eigenvalue weighted by molar-refractivity contribution is -0.145. The van der Waals surface area contributed by atoms with Crippen LogP contribution in [0.3, 0.4) is 0 Å². The quantitative estimate of drug-likeness (QED) is 0.496. The summed E-state index contributed by atoms with van der Waals surface area (Å²) in [6, 6.07) is 20.0.